The van der Waals surface area contributed by atoms with E-state index in [0.717, 1.165) is 11.1 Å². The van der Waals surface area contributed by atoms with Crippen LogP contribution in [0.15, 0.2) is 24.3 Å². The average molecular weight is 345 g/mol. The molecule has 2 amide bonds. The number of benzene rings is 1. The van der Waals surface area contributed by atoms with Gasteiger partial charge in [0.1, 0.15) is 0 Å². The monoisotopic (exact) mass is 345 g/mol. The number of carbonyl (C=O) groups excluding carboxylic acids is 2. The molecule has 0 spiro atoms. The quantitative estimate of drug-likeness (QED) is 0.876. The molecule has 0 atom stereocenters. The maximum Gasteiger partial charge on any atom is 0.242 e. The molecule has 2 heterocycles. The first kappa shape index (κ1) is 17.9. The van der Waals surface area contributed by atoms with E-state index >= 15 is 0 Å². The van der Waals surface area contributed by atoms with Crippen LogP contribution in [0.2, 0.25) is 0 Å². The van der Waals surface area contributed by atoms with E-state index in [9.17, 15) is 9.59 Å². The summed E-state index contributed by atoms with van der Waals surface area (Å²) in [5.41, 5.74) is 7.69. The number of nitrogens with zero attached hydrogens (tertiary/aromatic N) is 2. The van der Waals surface area contributed by atoms with Crippen molar-refractivity contribution in [2.75, 3.05) is 39.4 Å². The highest BCUT2D eigenvalue weighted by atomic mass is 16.5. The maximum absolute atomic E-state index is 12.7. The molecule has 3 rings (SSSR count). The lowest BCUT2D eigenvalue weighted by atomic mass is 9.89. The van der Waals surface area contributed by atoms with Gasteiger partial charge in [0.05, 0.1) is 12.0 Å². The zero-order valence-electron chi connectivity index (χ0n) is 14.9. The predicted octanol–water partition coefficient (Wildman–Crippen LogP) is 0.716. The van der Waals surface area contributed by atoms with Crippen LogP contribution in [0.3, 0.4) is 0 Å². The summed E-state index contributed by atoms with van der Waals surface area (Å²) >= 11 is 0. The smallest absolute Gasteiger partial charge is 0.242 e. The van der Waals surface area contributed by atoms with Crippen LogP contribution >= 0.6 is 0 Å². The third kappa shape index (κ3) is 4.02. The molecule has 2 aliphatic heterocycles. The molecule has 2 aliphatic rings. The number of nitrogens with two attached hydrogens (primary N) is 1. The van der Waals surface area contributed by atoms with E-state index in [-0.39, 0.29) is 11.8 Å². The summed E-state index contributed by atoms with van der Waals surface area (Å²) in [6.45, 7) is 5.35. The number of hydrogen-bond donors (Lipinski definition) is 1. The summed E-state index contributed by atoms with van der Waals surface area (Å²) in [7, 11) is 0. The van der Waals surface area contributed by atoms with Gasteiger partial charge in [-0.05, 0) is 30.9 Å². The van der Waals surface area contributed by atoms with Gasteiger partial charge in [0.25, 0.3) is 0 Å². The fraction of sp³-hybridized carbons (Fsp3) is 0.579. The van der Waals surface area contributed by atoms with E-state index in [0.29, 0.717) is 58.7 Å². The Hall–Kier alpha value is -1.92. The van der Waals surface area contributed by atoms with E-state index in [2.05, 4.69) is 0 Å². The van der Waals surface area contributed by atoms with Crippen LogP contribution in [-0.2, 0) is 20.7 Å². The van der Waals surface area contributed by atoms with Gasteiger partial charge in [-0.25, -0.2) is 0 Å². The molecule has 0 unspecified atom stereocenters. The third-order valence-corrected chi connectivity index (χ3v) is 5.33. The van der Waals surface area contributed by atoms with Crippen molar-refractivity contribution in [2.45, 2.75) is 31.7 Å². The normalized spacial score (nSPS) is 20.4. The van der Waals surface area contributed by atoms with Gasteiger partial charge in [-0.1, -0.05) is 24.3 Å². The van der Waals surface area contributed by atoms with Crippen molar-refractivity contribution in [3.8, 4) is 0 Å². The van der Waals surface area contributed by atoms with E-state index in [1.54, 1.807) is 0 Å². The van der Waals surface area contributed by atoms with Crippen LogP contribution in [0.1, 0.15) is 24.0 Å². The Bertz CT molecular complexity index is 633. The predicted molar refractivity (Wildman–Crippen MR) is 95.0 cm³/mol. The second-order valence-corrected chi connectivity index (χ2v) is 7.04. The lowest BCUT2D eigenvalue weighted by Crippen LogP contribution is -2.61. The van der Waals surface area contributed by atoms with E-state index in [4.69, 9.17) is 10.5 Å². The summed E-state index contributed by atoms with van der Waals surface area (Å²) < 4.78 is 5.31. The molecule has 2 fully saturated rings. The number of aryl methyl sites for hydroxylation is 1. The molecular weight excluding hydrogens is 318 g/mol. The van der Waals surface area contributed by atoms with Gasteiger partial charge in [0, 0.05) is 39.4 Å². The van der Waals surface area contributed by atoms with E-state index in [1.807, 2.05) is 41.0 Å². The average Bonchev–Trinajstić information content (AvgIpc) is 2.64. The molecule has 25 heavy (non-hydrogen) atoms. The third-order valence-electron chi connectivity index (χ3n) is 5.33. The number of hydrogen-bond acceptors (Lipinski definition) is 4. The number of rotatable bonds is 3. The molecule has 2 N–H and O–H groups in total. The Labute approximate surface area is 148 Å². The van der Waals surface area contributed by atoms with Crippen molar-refractivity contribution in [1.29, 1.82) is 0 Å². The minimum Gasteiger partial charge on any atom is -0.381 e. The Balaban J connectivity index is 1.54. The molecule has 0 saturated carbocycles. The first-order valence-electron chi connectivity index (χ1n) is 8.98. The lowest BCUT2D eigenvalue weighted by molar-refractivity contribution is -0.145. The number of ether oxygens (including phenoxy) is 1. The van der Waals surface area contributed by atoms with Gasteiger partial charge < -0.3 is 20.3 Å². The standard InChI is InChI=1S/C19H27N3O3/c1-15-4-2-3-5-16(15)14-17(23)21-8-10-22(11-9-21)18(24)19(20)6-12-25-13-7-19/h2-5H,6-14,20H2,1H3. The topological polar surface area (TPSA) is 75.9 Å². The van der Waals surface area contributed by atoms with Gasteiger partial charge in [0.15, 0.2) is 0 Å². The second-order valence-electron chi connectivity index (χ2n) is 7.04. The second kappa shape index (κ2) is 7.54. The van der Waals surface area contributed by atoms with Crippen LogP contribution in [0.5, 0.6) is 0 Å². The minimum absolute atomic E-state index is 0.00167. The van der Waals surface area contributed by atoms with Crippen molar-refractivity contribution >= 4 is 11.8 Å². The number of piperazine rings is 1. The van der Waals surface area contributed by atoms with Crippen LogP contribution in [0.25, 0.3) is 0 Å². The molecule has 0 radical (unpaired) electrons. The lowest BCUT2D eigenvalue weighted by Gasteiger charge is -2.41. The van der Waals surface area contributed by atoms with Crippen molar-refractivity contribution in [3.05, 3.63) is 35.4 Å². The largest absolute Gasteiger partial charge is 0.381 e. The van der Waals surface area contributed by atoms with Gasteiger partial charge in [-0.2, -0.15) is 0 Å². The van der Waals surface area contributed by atoms with Crippen LogP contribution in [0, 0.1) is 6.92 Å². The van der Waals surface area contributed by atoms with Crippen LogP contribution in [0.4, 0.5) is 0 Å². The summed E-state index contributed by atoms with van der Waals surface area (Å²) in [4.78, 5) is 28.9. The first-order chi connectivity index (χ1) is 12.0. The van der Waals surface area contributed by atoms with Crippen molar-refractivity contribution in [1.82, 2.24) is 9.80 Å². The minimum atomic E-state index is -0.800. The highest BCUT2D eigenvalue weighted by molar-refractivity contribution is 5.86. The fourth-order valence-electron chi connectivity index (χ4n) is 3.51. The van der Waals surface area contributed by atoms with Gasteiger partial charge in [-0.15, -0.1) is 0 Å². The molecule has 6 heteroatoms. The fourth-order valence-corrected chi connectivity index (χ4v) is 3.51. The molecule has 6 nitrogen and oxygen atoms in total. The van der Waals surface area contributed by atoms with E-state index < -0.39 is 5.54 Å². The SMILES string of the molecule is Cc1ccccc1CC(=O)N1CCN(C(=O)C2(N)CCOCC2)CC1. The van der Waals surface area contributed by atoms with E-state index in [1.165, 1.54) is 0 Å². The highest BCUT2D eigenvalue weighted by Crippen LogP contribution is 2.21. The van der Waals surface area contributed by atoms with Crippen molar-refractivity contribution in [3.63, 3.8) is 0 Å². The summed E-state index contributed by atoms with van der Waals surface area (Å²) in [6.07, 6.45) is 1.55. The summed E-state index contributed by atoms with van der Waals surface area (Å²) in [5, 5.41) is 0. The molecule has 1 aromatic carbocycles. The molecule has 0 aliphatic carbocycles. The Morgan fingerprint density at radius 1 is 1.08 bits per heavy atom. The molecule has 136 valence electrons. The molecule has 0 bridgehead atoms. The summed E-state index contributed by atoms with van der Waals surface area (Å²) in [6, 6.07) is 7.96. The van der Waals surface area contributed by atoms with Gasteiger partial charge in [-0.3, -0.25) is 9.59 Å². The Morgan fingerprint density at radius 3 is 2.32 bits per heavy atom. The van der Waals surface area contributed by atoms with Crippen LogP contribution < -0.4 is 5.73 Å². The summed E-state index contributed by atoms with van der Waals surface area (Å²) in [5.74, 6) is 0.122. The number of carbonyl (C=O) groups is 2. The van der Waals surface area contributed by atoms with Crippen LogP contribution in [-0.4, -0.2) is 66.5 Å². The van der Waals surface area contributed by atoms with Gasteiger partial charge >= 0.3 is 0 Å². The zero-order chi connectivity index (χ0) is 17.9. The molecular formula is C19H27N3O3. The Kier molecular flexibility index (Phi) is 5.39. The Morgan fingerprint density at radius 2 is 1.68 bits per heavy atom. The van der Waals surface area contributed by atoms with Crippen molar-refractivity contribution in [2.24, 2.45) is 5.73 Å². The molecule has 2 saturated heterocycles. The maximum atomic E-state index is 12.7. The molecule has 0 aromatic heterocycles. The zero-order valence-corrected chi connectivity index (χ0v) is 14.9. The first-order valence-corrected chi connectivity index (χ1v) is 8.98. The van der Waals surface area contributed by atoms with Crippen molar-refractivity contribution < 1.29 is 14.3 Å². The highest BCUT2D eigenvalue weighted by Gasteiger charge is 2.40. The molecule has 1 aromatic rings. The van der Waals surface area contributed by atoms with Gasteiger partial charge in [0.2, 0.25) is 11.8 Å². The number of amides is 2.